The average molecular weight is 364 g/mol. The van der Waals surface area contributed by atoms with Crippen molar-refractivity contribution in [1.82, 2.24) is 19.9 Å². The molecule has 0 aromatic carbocycles. The normalized spacial score (nSPS) is 16.5. The lowest BCUT2D eigenvalue weighted by Crippen LogP contribution is -2.34. The van der Waals surface area contributed by atoms with Crippen molar-refractivity contribution in [3.8, 4) is 11.5 Å². The highest BCUT2D eigenvalue weighted by Crippen LogP contribution is 2.24. The van der Waals surface area contributed by atoms with Crippen LogP contribution in [0.1, 0.15) is 24.9 Å². The number of alkyl halides is 3. The Morgan fingerprint density at radius 2 is 1.75 bits per heavy atom. The van der Waals surface area contributed by atoms with Gasteiger partial charge in [-0.2, -0.15) is 28.1 Å². The van der Waals surface area contributed by atoms with Gasteiger partial charge in [0.2, 0.25) is 11.9 Å². The van der Waals surface area contributed by atoms with Gasteiger partial charge in [0.05, 0.1) is 4.11 Å². The van der Waals surface area contributed by atoms with E-state index >= 15 is 0 Å². The van der Waals surface area contributed by atoms with E-state index in [0.717, 1.165) is 0 Å². The summed E-state index contributed by atoms with van der Waals surface area (Å²) < 4.78 is 62.2. The van der Waals surface area contributed by atoms with E-state index in [-0.39, 0.29) is 28.7 Å². The van der Waals surface area contributed by atoms with Gasteiger partial charge in [-0.05, 0) is 32.9 Å². The predicted molar refractivity (Wildman–Crippen MR) is 86.0 cm³/mol. The number of nitrogens with one attached hydrogen (secondary N) is 2. The Morgan fingerprint density at radius 3 is 2.33 bits per heavy atom. The molecule has 0 unspecified atom stereocenters. The zero-order valence-corrected chi connectivity index (χ0v) is 13.7. The van der Waals surface area contributed by atoms with E-state index in [0.29, 0.717) is 6.92 Å². The van der Waals surface area contributed by atoms with Crippen LogP contribution in [0.25, 0.3) is 11.5 Å². The molecule has 0 aliphatic rings. The van der Waals surface area contributed by atoms with E-state index < -0.39 is 24.2 Å². The first-order valence-electron chi connectivity index (χ1n) is 8.21. The monoisotopic (exact) mass is 363 g/mol. The molecule has 2 aromatic heterocycles. The van der Waals surface area contributed by atoms with Crippen LogP contribution < -0.4 is 10.6 Å². The molecule has 0 aliphatic heterocycles. The number of pyridine rings is 1. The molecule has 0 saturated carbocycles. The van der Waals surface area contributed by atoms with Gasteiger partial charge >= 0.3 is 6.18 Å². The quantitative estimate of drug-likeness (QED) is 0.787. The minimum absolute atomic E-state index is 0.0341. The van der Waals surface area contributed by atoms with Crippen molar-refractivity contribution in [3.63, 3.8) is 0 Å². The summed E-state index contributed by atoms with van der Waals surface area (Å²) >= 11 is 5.81. The van der Waals surface area contributed by atoms with E-state index in [1.54, 1.807) is 0 Å². The molecule has 0 spiro atoms. The number of rotatable bonds is 5. The third-order valence-electron chi connectivity index (χ3n) is 2.59. The zero-order valence-electron chi connectivity index (χ0n) is 16.0. The molecule has 130 valence electrons. The molecule has 2 aromatic rings. The van der Waals surface area contributed by atoms with Crippen LogP contribution in [0.15, 0.2) is 18.2 Å². The molecule has 0 fully saturated rings. The Balaban J connectivity index is 2.57. The molecular formula is C14H16ClF3N6. The Hall–Kier alpha value is -2.16. The SMILES string of the molecule is [2H]c1ccc(Cl)nc1-c1nc(NC([2H])(C)C)nc(N[C@]([2H])(C)C(F)(F)F)n1. The second-order valence-electron chi connectivity index (χ2n) is 4.94. The summed E-state index contributed by atoms with van der Waals surface area (Å²) in [4.78, 5) is 15.6. The van der Waals surface area contributed by atoms with Gasteiger partial charge in [0.25, 0.3) is 0 Å². The summed E-state index contributed by atoms with van der Waals surface area (Å²) in [7, 11) is 0. The fraction of sp³-hybridized carbons (Fsp3) is 0.429. The van der Waals surface area contributed by atoms with Crippen LogP contribution in [-0.4, -0.2) is 38.1 Å². The van der Waals surface area contributed by atoms with Crippen molar-refractivity contribution in [2.24, 2.45) is 0 Å². The van der Waals surface area contributed by atoms with E-state index in [2.05, 4.69) is 25.3 Å². The standard InChI is InChI=1S/C14H16ClF3N6/c1-7(2)19-12-22-11(9-5-4-6-10(15)21-9)23-13(24-12)20-8(3)14(16,17)18/h4-8H,1-3H3,(H2,19,20,22,23,24)/t8-/m1/s1/i5D,7D,8D. The second kappa shape index (κ2) is 7.16. The highest BCUT2D eigenvalue weighted by atomic mass is 35.5. The summed E-state index contributed by atoms with van der Waals surface area (Å²) in [6.45, 7) is 3.55. The molecule has 2 N–H and O–H groups in total. The van der Waals surface area contributed by atoms with Crippen LogP contribution in [0.4, 0.5) is 25.1 Å². The highest BCUT2D eigenvalue weighted by molar-refractivity contribution is 6.29. The van der Waals surface area contributed by atoms with Crippen LogP contribution in [0.3, 0.4) is 0 Å². The minimum Gasteiger partial charge on any atom is -0.352 e. The maximum Gasteiger partial charge on any atom is 0.408 e. The molecule has 0 bridgehead atoms. The van der Waals surface area contributed by atoms with Gasteiger partial charge in [-0.1, -0.05) is 17.7 Å². The third-order valence-corrected chi connectivity index (χ3v) is 2.80. The van der Waals surface area contributed by atoms with Gasteiger partial charge in [-0.3, -0.25) is 0 Å². The maximum atomic E-state index is 13.0. The lowest BCUT2D eigenvalue weighted by Gasteiger charge is -2.18. The van der Waals surface area contributed by atoms with Crippen LogP contribution in [0.2, 0.25) is 5.15 Å². The molecule has 2 heterocycles. The first-order valence-corrected chi connectivity index (χ1v) is 7.08. The van der Waals surface area contributed by atoms with Gasteiger partial charge in [0, 0.05) is 6.02 Å². The van der Waals surface area contributed by atoms with Crippen LogP contribution in [0, 0.1) is 0 Å². The van der Waals surface area contributed by atoms with Crippen molar-refractivity contribution >= 4 is 23.5 Å². The van der Waals surface area contributed by atoms with Gasteiger partial charge in [0.15, 0.2) is 5.82 Å². The van der Waals surface area contributed by atoms with E-state index in [4.69, 9.17) is 15.7 Å². The number of halogens is 4. The second-order valence-corrected chi connectivity index (χ2v) is 5.33. The number of nitrogens with zero attached hydrogens (tertiary/aromatic N) is 4. The van der Waals surface area contributed by atoms with Crippen molar-refractivity contribution in [2.45, 2.75) is 39.0 Å². The third kappa shape index (κ3) is 4.92. The van der Waals surface area contributed by atoms with Crippen molar-refractivity contribution < 1.29 is 17.3 Å². The average Bonchev–Trinajstić information content (AvgIpc) is 2.46. The summed E-state index contributed by atoms with van der Waals surface area (Å²) in [6, 6.07) is -1.75. The van der Waals surface area contributed by atoms with Gasteiger partial charge in [-0.25, -0.2) is 4.98 Å². The lowest BCUT2D eigenvalue weighted by atomic mass is 10.3. The van der Waals surface area contributed by atoms with Gasteiger partial charge in [-0.15, -0.1) is 0 Å². The zero-order chi connectivity index (χ0) is 20.6. The van der Waals surface area contributed by atoms with E-state index in [1.165, 1.54) is 26.0 Å². The van der Waals surface area contributed by atoms with Crippen LogP contribution >= 0.6 is 11.6 Å². The smallest absolute Gasteiger partial charge is 0.352 e. The number of aromatic nitrogens is 4. The minimum atomic E-state index is -4.91. The summed E-state index contributed by atoms with van der Waals surface area (Å²) in [6.07, 6.45) is -4.91. The Morgan fingerprint density at radius 1 is 1.12 bits per heavy atom. The molecule has 0 saturated heterocycles. The predicted octanol–water partition coefficient (Wildman–Crippen LogP) is 3.77. The first-order chi connectivity index (χ1) is 12.2. The largest absolute Gasteiger partial charge is 0.408 e. The maximum absolute atomic E-state index is 13.0. The molecule has 0 amide bonds. The topological polar surface area (TPSA) is 75.6 Å². The summed E-state index contributed by atoms with van der Waals surface area (Å²) in [5.74, 6) is -1.02. The Bertz CT molecular complexity index is 842. The number of anilines is 2. The number of hydrogen-bond acceptors (Lipinski definition) is 6. The van der Waals surface area contributed by atoms with Crippen LogP contribution in [-0.2, 0) is 0 Å². The highest BCUT2D eigenvalue weighted by Gasteiger charge is 2.36. The molecule has 1 atom stereocenters. The molecule has 24 heavy (non-hydrogen) atoms. The molecule has 0 aliphatic carbocycles. The summed E-state index contributed by atoms with van der Waals surface area (Å²) in [5.41, 5.74) is -0.0857. The van der Waals surface area contributed by atoms with Gasteiger partial charge < -0.3 is 10.6 Å². The Labute approximate surface area is 146 Å². The van der Waals surface area contributed by atoms with E-state index in [1.807, 2.05) is 5.32 Å². The lowest BCUT2D eigenvalue weighted by molar-refractivity contribution is -0.138. The Kier molecular flexibility index (Phi) is 4.24. The summed E-state index contributed by atoms with van der Waals surface area (Å²) in [5, 5.41) is 4.51. The van der Waals surface area contributed by atoms with Crippen molar-refractivity contribution in [1.29, 1.82) is 0 Å². The number of hydrogen-bond donors (Lipinski definition) is 2. The molecule has 0 radical (unpaired) electrons. The van der Waals surface area contributed by atoms with Gasteiger partial charge in [0.1, 0.15) is 16.9 Å². The van der Waals surface area contributed by atoms with Crippen LogP contribution in [0.5, 0.6) is 0 Å². The molecule has 6 nitrogen and oxygen atoms in total. The molecular weight excluding hydrogens is 345 g/mol. The first kappa shape index (κ1) is 14.2. The fourth-order valence-corrected chi connectivity index (χ4v) is 1.68. The molecule has 10 heteroatoms. The van der Waals surface area contributed by atoms with Crippen molar-refractivity contribution in [3.05, 3.63) is 23.3 Å². The fourth-order valence-electron chi connectivity index (χ4n) is 1.54. The molecule has 2 rings (SSSR count). The van der Waals surface area contributed by atoms with E-state index in [9.17, 15) is 13.2 Å². The van der Waals surface area contributed by atoms with Crippen molar-refractivity contribution in [2.75, 3.05) is 10.6 Å².